The van der Waals surface area contributed by atoms with Gasteiger partial charge in [0, 0.05) is 29.4 Å². The van der Waals surface area contributed by atoms with Crippen LogP contribution in [0.4, 0.5) is 17.1 Å². The Morgan fingerprint density at radius 2 is 1.61 bits per heavy atom. The van der Waals surface area contributed by atoms with Crippen molar-refractivity contribution in [3.8, 4) is 17.1 Å². The largest absolute Gasteiger partial charge is 0.480 e. The van der Waals surface area contributed by atoms with Crippen LogP contribution in [0.1, 0.15) is 5.56 Å². The summed E-state index contributed by atoms with van der Waals surface area (Å²) >= 11 is 0. The molecule has 12 nitrogen and oxygen atoms in total. The summed E-state index contributed by atoms with van der Waals surface area (Å²) < 4.78 is 32.8. The Kier molecular flexibility index (Phi) is 5.79. The molecule has 3 rings (SSSR count). The molecule has 0 aliphatic rings. The van der Waals surface area contributed by atoms with Gasteiger partial charge in [-0.2, -0.15) is 0 Å². The Morgan fingerprint density at radius 1 is 0.968 bits per heavy atom. The van der Waals surface area contributed by atoms with E-state index >= 15 is 0 Å². The first kappa shape index (κ1) is 21.6. The number of nitro benzene ring substituents is 2. The van der Waals surface area contributed by atoms with Crippen molar-refractivity contribution < 1.29 is 23.0 Å². The Morgan fingerprint density at radius 3 is 2.13 bits per heavy atom. The Bertz CT molecular complexity index is 1240. The van der Waals surface area contributed by atoms with Crippen LogP contribution in [0.15, 0.2) is 53.4 Å². The van der Waals surface area contributed by atoms with Crippen molar-refractivity contribution in [2.24, 2.45) is 0 Å². The highest BCUT2D eigenvalue weighted by atomic mass is 32.2. The molecule has 0 bridgehead atoms. The molecule has 2 aromatic carbocycles. The van der Waals surface area contributed by atoms with E-state index in [0.717, 1.165) is 12.1 Å². The van der Waals surface area contributed by atoms with Crippen LogP contribution in [0.3, 0.4) is 0 Å². The number of benzene rings is 2. The van der Waals surface area contributed by atoms with Gasteiger partial charge in [-0.05, 0) is 25.1 Å². The fraction of sp³-hybridized carbons (Fsp3) is 0.111. The molecular weight excluding hydrogens is 430 g/mol. The summed E-state index contributed by atoms with van der Waals surface area (Å²) in [6, 6.07) is 11.0. The van der Waals surface area contributed by atoms with E-state index < -0.39 is 36.1 Å². The van der Waals surface area contributed by atoms with Crippen LogP contribution in [0, 0.1) is 27.2 Å². The zero-order valence-electron chi connectivity index (χ0n) is 16.2. The first-order valence-electron chi connectivity index (χ1n) is 8.57. The minimum absolute atomic E-state index is 0.126. The average molecular weight is 445 g/mol. The maximum absolute atomic E-state index is 12.8. The Labute approximate surface area is 175 Å². The molecule has 0 saturated heterocycles. The standard InChI is InChI=1S/C18H15N5O7S/c1-11-16(22(24)25)9-14(10-17(11)23(26)27)31(28,29)21-13-5-3-4-12(8-13)15-6-7-18(30-2)20-19-15/h3-10,21H,1-2H3. The molecule has 0 amide bonds. The second-order valence-electron chi connectivity index (χ2n) is 6.25. The first-order valence-corrected chi connectivity index (χ1v) is 10.0. The van der Waals surface area contributed by atoms with E-state index in [1.54, 1.807) is 24.3 Å². The van der Waals surface area contributed by atoms with Crippen LogP contribution in [0.5, 0.6) is 5.88 Å². The van der Waals surface area contributed by atoms with E-state index in [9.17, 15) is 28.6 Å². The van der Waals surface area contributed by atoms with Crippen molar-refractivity contribution in [1.29, 1.82) is 0 Å². The summed E-state index contributed by atoms with van der Waals surface area (Å²) in [6.07, 6.45) is 0. The van der Waals surface area contributed by atoms with E-state index in [-0.39, 0.29) is 11.3 Å². The fourth-order valence-corrected chi connectivity index (χ4v) is 3.82. The monoisotopic (exact) mass is 445 g/mol. The van der Waals surface area contributed by atoms with Gasteiger partial charge in [0.1, 0.15) is 10.5 Å². The van der Waals surface area contributed by atoms with Crippen molar-refractivity contribution in [2.45, 2.75) is 11.8 Å². The summed E-state index contributed by atoms with van der Waals surface area (Å²) in [5.74, 6) is 0.308. The van der Waals surface area contributed by atoms with Crippen LogP contribution in [-0.4, -0.2) is 35.6 Å². The minimum atomic E-state index is -4.37. The summed E-state index contributed by atoms with van der Waals surface area (Å²) in [5.41, 5.74) is -0.469. The number of sulfonamides is 1. The minimum Gasteiger partial charge on any atom is -0.480 e. The zero-order valence-corrected chi connectivity index (χ0v) is 17.0. The summed E-state index contributed by atoms with van der Waals surface area (Å²) in [7, 11) is -2.92. The van der Waals surface area contributed by atoms with E-state index in [2.05, 4.69) is 14.9 Å². The molecule has 1 N–H and O–H groups in total. The molecule has 0 aliphatic heterocycles. The second-order valence-corrected chi connectivity index (χ2v) is 7.93. The number of nitrogens with zero attached hydrogens (tertiary/aromatic N) is 4. The predicted octanol–water partition coefficient (Wildman–Crippen LogP) is 3.08. The van der Waals surface area contributed by atoms with Gasteiger partial charge in [0.15, 0.2) is 0 Å². The lowest BCUT2D eigenvalue weighted by Crippen LogP contribution is -2.14. The summed E-state index contributed by atoms with van der Waals surface area (Å²) in [5, 5.41) is 30.3. The maximum Gasteiger partial charge on any atom is 0.280 e. The molecule has 3 aromatic rings. The van der Waals surface area contributed by atoms with Crippen molar-refractivity contribution >= 4 is 27.1 Å². The third kappa shape index (κ3) is 4.56. The molecular formula is C18H15N5O7S. The lowest BCUT2D eigenvalue weighted by Gasteiger charge is -2.10. The third-order valence-electron chi connectivity index (χ3n) is 4.29. The molecule has 0 spiro atoms. The van der Waals surface area contributed by atoms with Crippen LogP contribution in [0.2, 0.25) is 0 Å². The van der Waals surface area contributed by atoms with Gasteiger partial charge in [0.05, 0.1) is 22.7 Å². The number of hydrogen-bond acceptors (Lipinski definition) is 9. The van der Waals surface area contributed by atoms with E-state index in [0.29, 0.717) is 17.1 Å². The predicted molar refractivity (Wildman–Crippen MR) is 109 cm³/mol. The number of methoxy groups -OCH3 is 1. The number of rotatable bonds is 7. The van der Waals surface area contributed by atoms with Gasteiger partial charge in [-0.1, -0.05) is 12.1 Å². The zero-order chi connectivity index (χ0) is 22.8. The SMILES string of the molecule is COc1ccc(-c2cccc(NS(=O)(=O)c3cc([N+](=O)[O-])c(C)c([N+](=O)[O-])c3)c2)nn1. The van der Waals surface area contributed by atoms with Crippen molar-refractivity contribution in [3.63, 3.8) is 0 Å². The molecule has 160 valence electrons. The third-order valence-corrected chi connectivity index (χ3v) is 5.65. The lowest BCUT2D eigenvalue weighted by atomic mass is 10.1. The van der Waals surface area contributed by atoms with Crippen LogP contribution < -0.4 is 9.46 Å². The molecule has 0 radical (unpaired) electrons. The number of hydrogen-bond donors (Lipinski definition) is 1. The first-order chi connectivity index (χ1) is 14.6. The smallest absolute Gasteiger partial charge is 0.280 e. The molecule has 0 aliphatic carbocycles. The molecule has 1 aromatic heterocycles. The number of aromatic nitrogens is 2. The topological polar surface area (TPSA) is 167 Å². The Balaban J connectivity index is 1.99. The fourth-order valence-electron chi connectivity index (χ4n) is 2.73. The lowest BCUT2D eigenvalue weighted by molar-refractivity contribution is -0.395. The number of ether oxygens (including phenoxy) is 1. The Hall–Kier alpha value is -4.13. The van der Waals surface area contributed by atoms with Gasteiger partial charge in [-0.3, -0.25) is 25.0 Å². The van der Waals surface area contributed by atoms with Crippen molar-refractivity contribution in [1.82, 2.24) is 10.2 Å². The van der Waals surface area contributed by atoms with Crippen LogP contribution >= 0.6 is 0 Å². The number of nitrogens with one attached hydrogen (secondary N) is 1. The van der Waals surface area contributed by atoms with Crippen LogP contribution in [-0.2, 0) is 10.0 Å². The second kappa shape index (κ2) is 8.31. The quantitative estimate of drug-likeness (QED) is 0.424. The summed E-state index contributed by atoms with van der Waals surface area (Å²) in [6.45, 7) is 1.18. The van der Waals surface area contributed by atoms with Gasteiger partial charge in [0.25, 0.3) is 21.4 Å². The maximum atomic E-state index is 12.8. The molecule has 13 heteroatoms. The van der Waals surface area contributed by atoms with Gasteiger partial charge >= 0.3 is 0 Å². The van der Waals surface area contributed by atoms with Gasteiger partial charge in [-0.25, -0.2) is 8.42 Å². The number of nitro groups is 2. The highest BCUT2D eigenvalue weighted by Crippen LogP contribution is 2.32. The number of anilines is 1. The molecule has 0 atom stereocenters. The normalized spacial score (nSPS) is 11.0. The average Bonchev–Trinajstić information content (AvgIpc) is 2.73. The van der Waals surface area contributed by atoms with E-state index in [1.807, 2.05) is 0 Å². The molecule has 31 heavy (non-hydrogen) atoms. The van der Waals surface area contributed by atoms with Crippen molar-refractivity contribution in [3.05, 3.63) is 74.3 Å². The van der Waals surface area contributed by atoms with Gasteiger partial charge in [-0.15, -0.1) is 10.2 Å². The highest BCUT2D eigenvalue weighted by molar-refractivity contribution is 7.92. The summed E-state index contributed by atoms with van der Waals surface area (Å²) in [4.78, 5) is 20.1. The molecule has 0 fully saturated rings. The van der Waals surface area contributed by atoms with Gasteiger partial charge < -0.3 is 4.74 Å². The van der Waals surface area contributed by atoms with Crippen LogP contribution in [0.25, 0.3) is 11.3 Å². The highest BCUT2D eigenvalue weighted by Gasteiger charge is 2.28. The van der Waals surface area contributed by atoms with E-state index in [4.69, 9.17) is 4.74 Å². The molecule has 0 saturated carbocycles. The molecule has 1 heterocycles. The van der Waals surface area contributed by atoms with E-state index in [1.165, 1.54) is 26.2 Å². The van der Waals surface area contributed by atoms with Crippen molar-refractivity contribution in [2.75, 3.05) is 11.8 Å². The van der Waals surface area contributed by atoms with Gasteiger partial charge in [0.2, 0.25) is 5.88 Å². The molecule has 0 unspecified atom stereocenters.